The summed E-state index contributed by atoms with van der Waals surface area (Å²) in [5.74, 6) is 1.45. The van der Waals surface area contributed by atoms with Crippen LogP contribution in [-0.2, 0) is 11.3 Å². The van der Waals surface area contributed by atoms with Crippen LogP contribution in [0.4, 0.5) is 5.69 Å². The number of aliphatic imine (C=N–C) groups is 1. The monoisotopic (exact) mass is 318 g/mol. The number of nitrogens with zero attached hydrogens (tertiary/aromatic N) is 1. The van der Waals surface area contributed by atoms with Crippen LogP contribution in [0.15, 0.2) is 29.3 Å². The zero-order chi connectivity index (χ0) is 17.2. The maximum atomic E-state index is 11.1. The van der Waals surface area contributed by atoms with Gasteiger partial charge in [-0.05, 0) is 43.4 Å². The third-order valence-corrected chi connectivity index (χ3v) is 3.49. The van der Waals surface area contributed by atoms with Gasteiger partial charge < -0.3 is 16.0 Å². The number of benzene rings is 1. The van der Waals surface area contributed by atoms with Crippen molar-refractivity contribution in [1.82, 2.24) is 10.6 Å². The molecule has 0 radical (unpaired) electrons. The Morgan fingerprint density at radius 2 is 1.96 bits per heavy atom. The zero-order valence-corrected chi connectivity index (χ0v) is 14.9. The van der Waals surface area contributed by atoms with Gasteiger partial charge in [-0.3, -0.25) is 9.79 Å². The van der Waals surface area contributed by atoms with Gasteiger partial charge in [-0.1, -0.05) is 26.0 Å². The number of hydrogen-bond donors (Lipinski definition) is 3. The van der Waals surface area contributed by atoms with Crippen molar-refractivity contribution in [1.29, 1.82) is 0 Å². The summed E-state index contributed by atoms with van der Waals surface area (Å²) < 4.78 is 0. The summed E-state index contributed by atoms with van der Waals surface area (Å²) in [4.78, 5) is 15.4. The minimum atomic E-state index is -0.0634. The van der Waals surface area contributed by atoms with Crippen LogP contribution in [0, 0.1) is 5.92 Å². The highest BCUT2D eigenvalue weighted by atomic mass is 16.1. The van der Waals surface area contributed by atoms with E-state index in [9.17, 15) is 4.79 Å². The fraction of sp³-hybridized carbons (Fsp3) is 0.556. The van der Waals surface area contributed by atoms with E-state index >= 15 is 0 Å². The van der Waals surface area contributed by atoms with Gasteiger partial charge in [0.15, 0.2) is 5.96 Å². The predicted molar refractivity (Wildman–Crippen MR) is 97.6 cm³/mol. The lowest BCUT2D eigenvalue weighted by Gasteiger charge is -2.19. The molecule has 0 aromatic heterocycles. The summed E-state index contributed by atoms with van der Waals surface area (Å²) in [5, 5.41) is 9.51. The third kappa shape index (κ3) is 8.24. The standard InChI is InChI=1S/C18H30N4O/c1-13(2)9-10-14(3)21-18(19-5)20-12-16-7-6-8-17(11-16)22-15(4)23/h6-8,11,13-14H,9-10,12H2,1-5H3,(H,22,23)(H2,19,20,21). The van der Waals surface area contributed by atoms with Crippen molar-refractivity contribution in [3.8, 4) is 0 Å². The van der Waals surface area contributed by atoms with Crippen molar-refractivity contribution >= 4 is 17.6 Å². The molecule has 5 heteroatoms. The summed E-state index contributed by atoms with van der Waals surface area (Å²) >= 11 is 0. The molecule has 0 saturated heterocycles. The lowest BCUT2D eigenvalue weighted by Crippen LogP contribution is -2.41. The Labute approximate surface area is 140 Å². The van der Waals surface area contributed by atoms with Crippen LogP contribution in [0.2, 0.25) is 0 Å². The number of nitrogens with one attached hydrogen (secondary N) is 3. The van der Waals surface area contributed by atoms with Gasteiger partial charge in [0.25, 0.3) is 0 Å². The normalized spacial score (nSPS) is 12.9. The minimum absolute atomic E-state index is 0.0634. The molecule has 1 rings (SSSR count). The predicted octanol–water partition coefficient (Wildman–Crippen LogP) is 3.13. The van der Waals surface area contributed by atoms with E-state index in [4.69, 9.17) is 0 Å². The number of amides is 1. The average molecular weight is 318 g/mol. The van der Waals surface area contributed by atoms with Crippen molar-refractivity contribution in [2.75, 3.05) is 12.4 Å². The molecule has 0 aliphatic carbocycles. The largest absolute Gasteiger partial charge is 0.354 e. The second-order valence-electron chi connectivity index (χ2n) is 6.32. The minimum Gasteiger partial charge on any atom is -0.354 e. The molecule has 0 heterocycles. The van der Waals surface area contributed by atoms with Crippen molar-refractivity contribution in [2.45, 2.75) is 53.1 Å². The number of carbonyl (C=O) groups is 1. The Kier molecular flexibility index (Phi) is 8.16. The first-order chi connectivity index (χ1) is 10.9. The highest BCUT2D eigenvalue weighted by Gasteiger charge is 2.06. The second-order valence-corrected chi connectivity index (χ2v) is 6.32. The number of rotatable bonds is 7. The van der Waals surface area contributed by atoms with Crippen molar-refractivity contribution < 1.29 is 4.79 Å². The summed E-state index contributed by atoms with van der Waals surface area (Å²) in [6, 6.07) is 8.18. The van der Waals surface area contributed by atoms with Gasteiger partial charge in [-0.25, -0.2) is 0 Å². The molecule has 5 nitrogen and oxygen atoms in total. The SMILES string of the molecule is CN=C(NCc1cccc(NC(C)=O)c1)NC(C)CCC(C)C. The Morgan fingerprint density at radius 3 is 2.57 bits per heavy atom. The molecule has 0 saturated carbocycles. The lowest BCUT2D eigenvalue weighted by molar-refractivity contribution is -0.114. The molecule has 3 N–H and O–H groups in total. The van der Waals surface area contributed by atoms with E-state index in [1.165, 1.54) is 13.3 Å². The van der Waals surface area contributed by atoms with Crippen LogP contribution in [-0.4, -0.2) is 25.0 Å². The van der Waals surface area contributed by atoms with Crippen LogP contribution in [0.25, 0.3) is 0 Å². The summed E-state index contributed by atoms with van der Waals surface area (Å²) in [6.07, 6.45) is 2.32. The molecule has 0 aliphatic rings. The fourth-order valence-corrected chi connectivity index (χ4v) is 2.23. The fourth-order valence-electron chi connectivity index (χ4n) is 2.23. The van der Waals surface area contributed by atoms with Crippen molar-refractivity contribution in [2.24, 2.45) is 10.9 Å². The molecular weight excluding hydrogens is 288 g/mol. The Balaban J connectivity index is 2.49. The van der Waals surface area contributed by atoms with E-state index in [0.717, 1.165) is 23.6 Å². The van der Waals surface area contributed by atoms with Crippen LogP contribution in [0.5, 0.6) is 0 Å². The van der Waals surface area contributed by atoms with Crippen LogP contribution >= 0.6 is 0 Å². The van der Waals surface area contributed by atoms with Crippen molar-refractivity contribution in [3.05, 3.63) is 29.8 Å². The highest BCUT2D eigenvalue weighted by molar-refractivity contribution is 5.88. The molecule has 0 aliphatic heterocycles. The molecule has 1 aromatic rings. The first kappa shape index (κ1) is 19.0. The van der Waals surface area contributed by atoms with E-state index in [0.29, 0.717) is 18.5 Å². The number of hydrogen-bond acceptors (Lipinski definition) is 2. The molecule has 1 unspecified atom stereocenters. The maximum Gasteiger partial charge on any atom is 0.221 e. The second kappa shape index (κ2) is 9.87. The lowest BCUT2D eigenvalue weighted by atomic mass is 10.0. The summed E-state index contributed by atoms with van der Waals surface area (Å²) in [5.41, 5.74) is 1.90. The quantitative estimate of drug-likeness (QED) is 0.534. The summed E-state index contributed by atoms with van der Waals surface area (Å²) in [6.45, 7) is 8.82. The first-order valence-corrected chi connectivity index (χ1v) is 8.24. The van der Waals surface area contributed by atoms with Gasteiger partial charge in [-0.15, -0.1) is 0 Å². The zero-order valence-electron chi connectivity index (χ0n) is 14.9. The number of anilines is 1. The van der Waals surface area contributed by atoms with Gasteiger partial charge in [0.05, 0.1) is 0 Å². The number of carbonyl (C=O) groups excluding carboxylic acids is 1. The van der Waals surface area contributed by atoms with E-state index in [-0.39, 0.29) is 5.91 Å². The van der Waals surface area contributed by atoms with Crippen LogP contribution in [0.1, 0.15) is 46.1 Å². The molecule has 0 fully saturated rings. The van der Waals surface area contributed by atoms with Gasteiger partial charge in [0, 0.05) is 32.2 Å². The molecule has 1 aromatic carbocycles. The summed E-state index contributed by atoms with van der Waals surface area (Å²) in [7, 11) is 1.78. The third-order valence-electron chi connectivity index (χ3n) is 3.49. The van der Waals surface area contributed by atoms with Gasteiger partial charge >= 0.3 is 0 Å². The molecule has 0 spiro atoms. The van der Waals surface area contributed by atoms with E-state index < -0.39 is 0 Å². The van der Waals surface area contributed by atoms with E-state index in [2.05, 4.69) is 41.7 Å². The maximum absolute atomic E-state index is 11.1. The number of guanidine groups is 1. The molecular formula is C18H30N4O. The van der Waals surface area contributed by atoms with E-state index in [1.54, 1.807) is 7.05 Å². The van der Waals surface area contributed by atoms with Gasteiger partial charge in [0.2, 0.25) is 5.91 Å². The first-order valence-electron chi connectivity index (χ1n) is 8.24. The molecule has 1 atom stereocenters. The Hall–Kier alpha value is -2.04. The molecule has 128 valence electrons. The molecule has 0 bridgehead atoms. The van der Waals surface area contributed by atoms with Crippen molar-refractivity contribution in [3.63, 3.8) is 0 Å². The van der Waals surface area contributed by atoms with E-state index in [1.807, 2.05) is 24.3 Å². The smallest absolute Gasteiger partial charge is 0.221 e. The van der Waals surface area contributed by atoms with Gasteiger partial charge in [-0.2, -0.15) is 0 Å². The highest BCUT2D eigenvalue weighted by Crippen LogP contribution is 2.10. The molecule has 1 amide bonds. The average Bonchev–Trinajstić information content (AvgIpc) is 2.49. The van der Waals surface area contributed by atoms with Crippen LogP contribution in [0.3, 0.4) is 0 Å². The molecule has 23 heavy (non-hydrogen) atoms. The van der Waals surface area contributed by atoms with Crippen LogP contribution < -0.4 is 16.0 Å². The van der Waals surface area contributed by atoms with Gasteiger partial charge in [0.1, 0.15) is 0 Å². The Bertz CT molecular complexity index is 526. The topological polar surface area (TPSA) is 65.5 Å². The Morgan fingerprint density at radius 1 is 1.22 bits per heavy atom.